The molecule has 1 aliphatic carbocycles. The highest BCUT2D eigenvalue weighted by Gasteiger charge is 2.22. The zero-order valence-electron chi connectivity index (χ0n) is 10.4. The molecule has 0 saturated heterocycles. The van der Waals surface area contributed by atoms with Crippen molar-refractivity contribution in [1.82, 2.24) is 5.32 Å². The van der Waals surface area contributed by atoms with E-state index in [1.54, 1.807) is 0 Å². The summed E-state index contributed by atoms with van der Waals surface area (Å²) < 4.78 is 0. The number of carboxylic acids is 1. The largest absolute Gasteiger partial charge is 0.481 e. The Bertz CT molecular complexity index is 304. The summed E-state index contributed by atoms with van der Waals surface area (Å²) in [6.45, 7) is 6.01. The number of allylic oxidation sites excluding steroid dienone is 1. The zero-order chi connectivity index (χ0) is 12.8. The van der Waals surface area contributed by atoms with Crippen molar-refractivity contribution < 1.29 is 14.7 Å². The van der Waals surface area contributed by atoms with Crippen molar-refractivity contribution in [2.75, 3.05) is 0 Å². The number of rotatable bonds is 5. The third-order valence-corrected chi connectivity index (χ3v) is 3.36. The molecule has 4 nitrogen and oxygen atoms in total. The monoisotopic (exact) mass is 239 g/mol. The van der Waals surface area contributed by atoms with Crippen LogP contribution in [0.1, 0.15) is 45.4 Å². The molecule has 0 heterocycles. The number of carbonyl (C=O) groups is 2. The minimum absolute atomic E-state index is 0.0791. The van der Waals surface area contributed by atoms with E-state index in [0.29, 0.717) is 5.92 Å². The van der Waals surface area contributed by atoms with Crippen LogP contribution in [0.4, 0.5) is 0 Å². The first-order valence-electron chi connectivity index (χ1n) is 6.15. The molecule has 0 bridgehead atoms. The Morgan fingerprint density at radius 1 is 1.24 bits per heavy atom. The molecule has 4 heteroatoms. The maximum Gasteiger partial charge on any atom is 0.303 e. The van der Waals surface area contributed by atoms with E-state index < -0.39 is 5.97 Å². The Labute approximate surface area is 102 Å². The van der Waals surface area contributed by atoms with Gasteiger partial charge in [-0.05, 0) is 38.5 Å². The van der Waals surface area contributed by atoms with E-state index in [0.717, 1.165) is 25.7 Å². The van der Waals surface area contributed by atoms with Crippen molar-refractivity contribution in [1.29, 1.82) is 0 Å². The van der Waals surface area contributed by atoms with Gasteiger partial charge in [-0.25, -0.2) is 0 Å². The zero-order valence-corrected chi connectivity index (χ0v) is 10.4. The second-order valence-corrected chi connectivity index (χ2v) is 4.86. The molecule has 1 amide bonds. The second-order valence-electron chi connectivity index (χ2n) is 4.86. The summed E-state index contributed by atoms with van der Waals surface area (Å²) in [6.07, 6.45) is 4.06. The summed E-state index contributed by atoms with van der Waals surface area (Å²) in [7, 11) is 0. The summed E-state index contributed by atoms with van der Waals surface area (Å²) in [5.41, 5.74) is 1.22. The van der Waals surface area contributed by atoms with Crippen molar-refractivity contribution in [3.8, 4) is 0 Å². The third kappa shape index (κ3) is 5.02. The second kappa shape index (κ2) is 6.42. The molecule has 1 rings (SSSR count). The Hall–Kier alpha value is -1.32. The van der Waals surface area contributed by atoms with E-state index in [2.05, 4.69) is 18.8 Å². The number of carboxylic acid groups (broad SMARTS) is 1. The number of aliphatic carboxylic acids is 1. The highest BCUT2D eigenvalue weighted by molar-refractivity contribution is 5.80. The smallest absolute Gasteiger partial charge is 0.303 e. The first-order valence-corrected chi connectivity index (χ1v) is 6.15. The van der Waals surface area contributed by atoms with Gasteiger partial charge in [0.25, 0.3) is 0 Å². The van der Waals surface area contributed by atoms with Crippen LogP contribution < -0.4 is 5.32 Å². The van der Waals surface area contributed by atoms with E-state index >= 15 is 0 Å². The molecule has 0 aliphatic heterocycles. The van der Waals surface area contributed by atoms with Crippen molar-refractivity contribution in [2.45, 2.75) is 51.5 Å². The van der Waals surface area contributed by atoms with E-state index in [1.165, 1.54) is 5.57 Å². The van der Waals surface area contributed by atoms with Gasteiger partial charge in [0.15, 0.2) is 0 Å². The first-order chi connectivity index (χ1) is 7.99. The highest BCUT2D eigenvalue weighted by Crippen LogP contribution is 2.28. The van der Waals surface area contributed by atoms with Crippen molar-refractivity contribution in [3.63, 3.8) is 0 Å². The van der Waals surface area contributed by atoms with Crippen LogP contribution in [0.3, 0.4) is 0 Å². The molecule has 1 aliphatic rings. The van der Waals surface area contributed by atoms with Crippen LogP contribution in [-0.2, 0) is 9.59 Å². The average molecular weight is 239 g/mol. The van der Waals surface area contributed by atoms with Gasteiger partial charge in [-0.1, -0.05) is 12.2 Å². The molecular weight excluding hydrogens is 218 g/mol. The lowest BCUT2D eigenvalue weighted by atomic mass is 9.82. The maximum atomic E-state index is 11.4. The lowest BCUT2D eigenvalue weighted by Crippen LogP contribution is -2.37. The number of hydrogen-bond donors (Lipinski definition) is 2. The topological polar surface area (TPSA) is 66.4 Å². The number of carbonyl (C=O) groups excluding carboxylic acids is 1. The quantitative estimate of drug-likeness (QED) is 0.722. The standard InChI is InChI=1S/C13H21NO3/c1-9(2)10-3-5-11(6-4-10)14-12(15)7-8-13(16)17/h10-11H,1,3-8H2,2H3,(H,14,15)(H,16,17). The summed E-state index contributed by atoms with van der Waals surface area (Å²) in [5, 5.41) is 11.4. The van der Waals surface area contributed by atoms with Crippen molar-refractivity contribution >= 4 is 11.9 Å². The van der Waals surface area contributed by atoms with Crippen molar-refractivity contribution in [2.24, 2.45) is 5.92 Å². The van der Waals surface area contributed by atoms with E-state index in [1.807, 2.05) is 0 Å². The van der Waals surface area contributed by atoms with Gasteiger partial charge in [-0.3, -0.25) is 9.59 Å². The summed E-state index contributed by atoms with van der Waals surface area (Å²) in [5.74, 6) is -0.487. The van der Waals surface area contributed by atoms with Crippen LogP contribution in [0.25, 0.3) is 0 Å². The molecule has 0 atom stereocenters. The lowest BCUT2D eigenvalue weighted by Gasteiger charge is -2.29. The summed E-state index contributed by atoms with van der Waals surface area (Å²) >= 11 is 0. The molecule has 96 valence electrons. The van der Waals surface area contributed by atoms with Crippen LogP contribution in [0.15, 0.2) is 12.2 Å². The Kier molecular flexibility index (Phi) is 5.19. The fraction of sp³-hybridized carbons (Fsp3) is 0.692. The van der Waals surface area contributed by atoms with Gasteiger partial charge in [0.2, 0.25) is 5.91 Å². The normalized spacial score (nSPS) is 24.1. The fourth-order valence-electron chi connectivity index (χ4n) is 2.25. The first kappa shape index (κ1) is 13.7. The minimum Gasteiger partial charge on any atom is -0.481 e. The molecule has 0 unspecified atom stereocenters. The average Bonchev–Trinajstić information content (AvgIpc) is 2.27. The Balaban J connectivity index is 2.23. The van der Waals surface area contributed by atoms with Crippen LogP contribution in [0, 0.1) is 5.92 Å². The molecule has 0 radical (unpaired) electrons. The third-order valence-electron chi connectivity index (χ3n) is 3.36. The van der Waals surface area contributed by atoms with Gasteiger partial charge >= 0.3 is 5.97 Å². The van der Waals surface area contributed by atoms with Gasteiger partial charge in [-0.15, -0.1) is 0 Å². The summed E-state index contributed by atoms with van der Waals surface area (Å²) in [6, 6.07) is 0.215. The maximum absolute atomic E-state index is 11.4. The SMILES string of the molecule is C=C(C)C1CCC(NC(=O)CCC(=O)O)CC1. The Morgan fingerprint density at radius 3 is 2.29 bits per heavy atom. The highest BCUT2D eigenvalue weighted by atomic mass is 16.4. The molecule has 1 saturated carbocycles. The minimum atomic E-state index is -0.925. The molecule has 1 fully saturated rings. The van der Waals surface area contributed by atoms with Gasteiger partial charge in [0.1, 0.15) is 0 Å². The molecule has 0 spiro atoms. The van der Waals surface area contributed by atoms with Crippen LogP contribution in [0.2, 0.25) is 0 Å². The predicted molar refractivity (Wildman–Crippen MR) is 65.6 cm³/mol. The van der Waals surface area contributed by atoms with Gasteiger partial charge in [-0.2, -0.15) is 0 Å². The van der Waals surface area contributed by atoms with Crippen LogP contribution >= 0.6 is 0 Å². The summed E-state index contributed by atoms with van der Waals surface area (Å²) in [4.78, 5) is 21.8. The van der Waals surface area contributed by atoms with Crippen LogP contribution in [0.5, 0.6) is 0 Å². The number of nitrogens with one attached hydrogen (secondary N) is 1. The van der Waals surface area contributed by atoms with Gasteiger partial charge < -0.3 is 10.4 Å². The molecule has 2 N–H and O–H groups in total. The molecule has 0 aromatic carbocycles. The van der Waals surface area contributed by atoms with E-state index in [4.69, 9.17) is 5.11 Å². The predicted octanol–water partition coefficient (Wildman–Crippen LogP) is 2.10. The number of amides is 1. The fourth-order valence-corrected chi connectivity index (χ4v) is 2.25. The van der Waals surface area contributed by atoms with E-state index in [-0.39, 0.29) is 24.8 Å². The Morgan fingerprint density at radius 2 is 1.82 bits per heavy atom. The molecule has 17 heavy (non-hydrogen) atoms. The molecular formula is C13H21NO3. The van der Waals surface area contributed by atoms with Crippen LogP contribution in [-0.4, -0.2) is 23.0 Å². The van der Waals surface area contributed by atoms with Gasteiger partial charge in [0, 0.05) is 12.5 Å². The lowest BCUT2D eigenvalue weighted by molar-refractivity contribution is -0.139. The number of hydrogen-bond acceptors (Lipinski definition) is 2. The molecule has 0 aromatic rings. The van der Waals surface area contributed by atoms with Gasteiger partial charge in [0.05, 0.1) is 6.42 Å². The molecule has 0 aromatic heterocycles. The van der Waals surface area contributed by atoms with E-state index in [9.17, 15) is 9.59 Å². The van der Waals surface area contributed by atoms with Crippen molar-refractivity contribution in [3.05, 3.63) is 12.2 Å².